The molecule has 10 heteroatoms. The summed E-state index contributed by atoms with van der Waals surface area (Å²) in [7, 11) is 0. The van der Waals surface area contributed by atoms with E-state index in [0.29, 0.717) is 37.6 Å². The van der Waals surface area contributed by atoms with Crippen LogP contribution in [0.15, 0.2) is 81.6 Å². The first kappa shape index (κ1) is 24.0. The molecular weight excluding hydrogens is 512 g/mol. The van der Waals surface area contributed by atoms with Gasteiger partial charge in [0, 0.05) is 21.4 Å². The Morgan fingerprint density at radius 2 is 1.67 bits per heavy atom. The summed E-state index contributed by atoms with van der Waals surface area (Å²) in [5, 5.41) is 1.80. The summed E-state index contributed by atoms with van der Waals surface area (Å²) in [5.41, 5.74) is -0.657. The molecule has 170 valence electrons. The van der Waals surface area contributed by atoms with Gasteiger partial charge in [-0.05, 0) is 48.5 Å². The van der Waals surface area contributed by atoms with Gasteiger partial charge < -0.3 is 0 Å². The minimum atomic E-state index is -4.52. The smallest absolute Gasteiger partial charge is 0.268 e. The van der Waals surface area contributed by atoms with Crippen molar-refractivity contribution in [1.82, 2.24) is 9.55 Å². The van der Waals surface area contributed by atoms with Crippen LogP contribution in [0.4, 0.5) is 13.2 Å². The van der Waals surface area contributed by atoms with Gasteiger partial charge in [0.1, 0.15) is 0 Å². The normalized spacial score (nSPS) is 11.8. The van der Waals surface area contributed by atoms with Crippen molar-refractivity contribution in [3.8, 4) is 5.69 Å². The van der Waals surface area contributed by atoms with Crippen LogP contribution in [-0.2, 0) is 6.18 Å². The zero-order valence-corrected chi connectivity index (χ0v) is 19.9. The molecule has 3 nitrogen and oxygen atoms in total. The molecule has 4 aromatic rings. The largest absolute Gasteiger partial charge is 0.416 e. The number of rotatable bonds is 6. The predicted octanol–water partition coefficient (Wildman–Crippen LogP) is 7.60. The van der Waals surface area contributed by atoms with Crippen molar-refractivity contribution in [2.45, 2.75) is 16.2 Å². The molecular formula is C23H15Cl2F3N2OS2. The maximum Gasteiger partial charge on any atom is 0.416 e. The van der Waals surface area contributed by atoms with Crippen LogP contribution in [0.3, 0.4) is 0 Å². The van der Waals surface area contributed by atoms with E-state index in [1.165, 1.54) is 40.2 Å². The van der Waals surface area contributed by atoms with Crippen LogP contribution < -0.4 is 5.56 Å². The standard InChI is InChI=1S/C23H15Cl2F3N2OS2/c24-15-8-9-18(25)20(13-15)32-10-11-33-22-29-19-7-2-1-6-17(19)21(31)30(22)16-5-3-4-14(12-16)23(26,27)28/h1-9,12-13H,10-11H2. The Morgan fingerprint density at radius 1 is 0.909 bits per heavy atom. The van der Waals surface area contributed by atoms with Gasteiger partial charge in [-0.2, -0.15) is 13.2 Å². The SMILES string of the molecule is O=c1c2ccccc2nc(SCCSc2cc(Cl)ccc2Cl)n1-c1cccc(C(F)(F)F)c1. The summed E-state index contributed by atoms with van der Waals surface area (Å²) in [4.78, 5) is 18.6. The van der Waals surface area contributed by atoms with Crippen molar-refractivity contribution in [3.63, 3.8) is 0 Å². The minimum Gasteiger partial charge on any atom is -0.268 e. The van der Waals surface area contributed by atoms with E-state index in [0.717, 1.165) is 17.0 Å². The Morgan fingerprint density at radius 3 is 2.45 bits per heavy atom. The van der Waals surface area contributed by atoms with Gasteiger partial charge in [0.2, 0.25) is 0 Å². The van der Waals surface area contributed by atoms with Crippen LogP contribution in [0.2, 0.25) is 10.0 Å². The van der Waals surface area contributed by atoms with Gasteiger partial charge in [0.15, 0.2) is 5.16 Å². The van der Waals surface area contributed by atoms with Gasteiger partial charge in [-0.15, -0.1) is 11.8 Å². The Labute approximate surface area is 205 Å². The number of nitrogens with zero attached hydrogens (tertiary/aromatic N) is 2. The second-order valence-corrected chi connectivity index (χ2v) is 9.91. The number of para-hydroxylation sites is 1. The maximum absolute atomic E-state index is 13.3. The summed E-state index contributed by atoms with van der Waals surface area (Å²) in [5.74, 6) is 1.16. The summed E-state index contributed by atoms with van der Waals surface area (Å²) in [6.45, 7) is 0. The Balaban J connectivity index is 1.67. The second-order valence-electron chi connectivity index (χ2n) is 6.87. The second kappa shape index (κ2) is 10.0. The molecule has 0 aliphatic heterocycles. The molecule has 0 radical (unpaired) electrons. The van der Waals surface area contributed by atoms with E-state index >= 15 is 0 Å². The quantitative estimate of drug-likeness (QED) is 0.147. The van der Waals surface area contributed by atoms with E-state index in [-0.39, 0.29) is 5.69 Å². The number of hydrogen-bond donors (Lipinski definition) is 0. The van der Waals surface area contributed by atoms with Crippen LogP contribution in [0, 0.1) is 0 Å². The highest BCUT2D eigenvalue weighted by atomic mass is 35.5. The van der Waals surface area contributed by atoms with Gasteiger partial charge in [-0.1, -0.05) is 53.2 Å². The summed E-state index contributed by atoms with van der Waals surface area (Å²) in [6.07, 6.45) is -4.52. The molecule has 0 N–H and O–H groups in total. The first-order valence-electron chi connectivity index (χ1n) is 9.64. The molecule has 0 atom stereocenters. The van der Waals surface area contributed by atoms with Gasteiger partial charge in [-0.3, -0.25) is 9.36 Å². The lowest BCUT2D eigenvalue weighted by Crippen LogP contribution is -2.22. The lowest BCUT2D eigenvalue weighted by atomic mass is 10.2. The molecule has 0 spiro atoms. The highest BCUT2D eigenvalue weighted by molar-refractivity contribution is 8.03. The van der Waals surface area contributed by atoms with Crippen LogP contribution in [0.25, 0.3) is 16.6 Å². The van der Waals surface area contributed by atoms with Crippen molar-refractivity contribution < 1.29 is 13.2 Å². The molecule has 1 heterocycles. The van der Waals surface area contributed by atoms with Crippen LogP contribution in [0.1, 0.15) is 5.56 Å². The number of benzene rings is 3. The van der Waals surface area contributed by atoms with Crippen molar-refractivity contribution in [1.29, 1.82) is 0 Å². The highest BCUT2D eigenvalue weighted by Crippen LogP contribution is 2.33. The number of aromatic nitrogens is 2. The molecule has 0 amide bonds. The third-order valence-electron chi connectivity index (χ3n) is 4.64. The Hall–Kier alpha value is -2.13. The predicted molar refractivity (Wildman–Crippen MR) is 130 cm³/mol. The fourth-order valence-corrected chi connectivity index (χ4v) is 5.61. The lowest BCUT2D eigenvalue weighted by molar-refractivity contribution is -0.137. The number of halogens is 5. The highest BCUT2D eigenvalue weighted by Gasteiger charge is 2.31. The van der Waals surface area contributed by atoms with Crippen molar-refractivity contribution in [2.75, 3.05) is 11.5 Å². The van der Waals surface area contributed by atoms with Crippen LogP contribution >= 0.6 is 46.7 Å². The molecule has 0 aliphatic carbocycles. The first-order valence-corrected chi connectivity index (χ1v) is 12.4. The van der Waals surface area contributed by atoms with Gasteiger partial charge in [0.05, 0.1) is 27.2 Å². The van der Waals surface area contributed by atoms with Crippen molar-refractivity contribution >= 4 is 57.6 Å². The third-order valence-corrected chi connectivity index (χ3v) is 7.57. The van der Waals surface area contributed by atoms with E-state index in [4.69, 9.17) is 23.2 Å². The molecule has 0 saturated carbocycles. The number of hydrogen-bond acceptors (Lipinski definition) is 4. The maximum atomic E-state index is 13.3. The molecule has 3 aromatic carbocycles. The topological polar surface area (TPSA) is 34.9 Å². The number of alkyl halides is 3. The molecule has 0 unspecified atom stereocenters. The Kier molecular flexibility index (Phi) is 7.28. The fourth-order valence-electron chi connectivity index (χ4n) is 3.13. The molecule has 0 aliphatic rings. The first-order chi connectivity index (χ1) is 15.7. The third kappa shape index (κ3) is 5.51. The number of thioether (sulfide) groups is 2. The van der Waals surface area contributed by atoms with Crippen molar-refractivity contribution in [3.05, 3.63) is 92.7 Å². The van der Waals surface area contributed by atoms with E-state index < -0.39 is 17.3 Å². The molecule has 4 rings (SSSR count). The van der Waals surface area contributed by atoms with E-state index in [1.54, 1.807) is 42.5 Å². The molecule has 1 aromatic heterocycles. The van der Waals surface area contributed by atoms with E-state index in [1.807, 2.05) is 0 Å². The molecule has 0 saturated heterocycles. The zero-order valence-electron chi connectivity index (χ0n) is 16.8. The van der Waals surface area contributed by atoms with Gasteiger partial charge in [-0.25, -0.2) is 4.98 Å². The van der Waals surface area contributed by atoms with Crippen molar-refractivity contribution in [2.24, 2.45) is 0 Å². The van der Waals surface area contributed by atoms with E-state index in [9.17, 15) is 18.0 Å². The summed E-state index contributed by atoms with van der Waals surface area (Å²) in [6, 6.07) is 16.6. The number of fused-ring (bicyclic) bond motifs is 1. The minimum absolute atomic E-state index is 0.112. The fraction of sp³-hybridized carbons (Fsp3) is 0.130. The molecule has 0 bridgehead atoms. The van der Waals surface area contributed by atoms with E-state index in [2.05, 4.69) is 4.98 Å². The average molecular weight is 527 g/mol. The molecule has 33 heavy (non-hydrogen) atoms. The van der Waals surface area contributed by atoms with Gasteiger partial charge in [0.25, 0.3) is 5.56 Å². The van der Waals surface area contributed by atoms with Gasteiger partial charge >= 0.3 is 6.18 Å². The van der Waals surface area contributed by atoms with Crippen LogP contribution in [-0.4, -0.2) is 21.1 Å². The molecule has 0 fully saturated rings. The summed E-state index contributed by atoms with van der Waals surface area (Å²) >= 11 is 15.0. The lowest BCUT2D eigenvalue weighted by Gasteiger charge is -2.15. The Bertz CT molecular complexity index is 1380. The zero-order chi connectivity index (χ0) is 23.6. The average Bonchev–Trinajstić information content (AvgIpc) is 2.78. The summed E-state index contributed by atoms with van der Waals surface area (Å²) < 4.78 is 41.1. The monoisotopic (exact) mass is 526 g/mol. The van der Waals surface area contributed by atoms with Crippen LogP contribution in [0.5, 0.6) is 0 Å².